The molecule has 0 aliphatic heterocycles. The molecule has 0 atom stereocenters. The van der Waals surface area contributed by atoms with Gasteiger partial charge in [0.25, 0.3) is 0 Å². The Morgan fingerprint density at radius 3 is 2.70 bits per heavy atom. The largest absolute Gasteiger partial charge is 0.425 e. The topological polar surface area (TPSA) is 62.8 Å². The first-order valence-corrected chi connectivity index (χ1v) is 3.01. The van der Waals surface area contributed by atoms with E-state index in [1.165, 1.54) is 0 Å². The molecule has 1 aromatic heterocycles. The predicted molar refractivity (Wildman–Crippen MR) is 36.1 cm³/mol. The second kappa shape index (κ2) is 2.60. The maximum absolute atomic E-state index is 7.11. The zero-order valence-electron chi connectivity index (χ0n) is 6.01. The summed E-state index contributed by atoms with van der Waals surface area (Å²) in [5.41, 5.74) is 0.531. The summed E-state index contributed by atoms with van der Waals surface area (Å²) in [6.45, 7) is 3.44. The van der Waals surface area contributed by atoms with Crippen LogP contribution in [-0.4, -0.2) is 15.9 Å². The van der Waals surface area contributed by atoms with Crippen LogP contribution in [0.2, 0.25) is 0 Å². The van der Waals surface area contributed by atoms with E-state index >= 15 is 0 Å². The lowest BCUT2D eigenvalue weighted by Gasteiger charge is -1.87. The number of nitrogens with zero attached hydrogens (tertiary/aromatic N) is 2. The third kappa shape index (κ3) is 1.65. The number of nitrogens with one attached hydrogen (secondary N) is 1. The average Bonchev–Trinajstić information content (AvgIpc) is 2.13. The van der Waals surface area contributed by atoms with Crippen molar-refractivity contribution in [3.05, 3.63) is 11.8 Å². The van der Waals surface area contributed by atoms with Crippen LogP contribution in [0.3, 0.4) is 0 Å². The number of aromatic nitrogens is 2. The molecule has 0 aliphatic carbocycles. The molecule has 0 fully saturated rings. The molecule has 4 heteroatoms. The highest BCUT2D eigenvalue weighted by Gasteiger charge is 2.01. The minimum Gasteiger partial charge on any atom is -0.425 e. The maximum atomic E-state index is 7.11. The van der Waals surface area contributed by atoms with Crippen molar-refractivity contribution in [2.24, 2.45) is 0 Å². The predicted octanol–water partition coefficient (Wildman–Crippen LogP) is 0.960. The molecule has 1 heterocycles. The Hall–Kier alpha value is -1.19. The highest BCUT2D eigenvalue weighted by Crippen LogP contribution is 1.98. The van der Waals surface area contributed by atoms with Crippen molar-refractivity contribution in [2.45, 2.75) is 20.3 Å². The van der Waals surface area contributed by atoms with Crippen LogP contribution in [0.15, 0.2) is 4.42 Å². The summed E-state index contributed by atoms with van der Waals surface area (Å²) in [5.74, 6) is 1.07. The summed E-state index contributed by atoms with van der Waals surface area (Å²) < 4.78 is 5.03. The second-order valence-electron chi connectivity index (χ2n) is 2.17. The summed E-state index contributed by atoms with van der Waals surface area (Å²) in [4.78, 5) is 0. The summed E-state index contributed by atoms with van der Waals surface area (Å²) >= 11 is 0. The van der Waals surface area contributed by atoms with E-state index in [1.807, 2.05) is 0 Å². The van der Waals surface area contributed by atoms with Gasteiger partial charge in [0.1, 0.15) is 0 Å². The molecule has 1 N–H and O–H groups in total. The molecule has 4 nitrogen and oxygen atoms in total. The Morgan fingerprint density at radius 1 is 1.60 bits per heavy atom. The van der Waals surface area contributed by atoms with Crippen molar-refractivity contribution < 1.29 is 4.42 Å². The van der Waals surface area contributed by atoms with Gasteiger partial charge in [-0.05, 0) is 6.92 Å². The van der Waals surface area contributed by atoms with E-state index in [0.717, 1.165) is 0 Å². The first-order valence-electron chi connectivity index (χ1n) is 3.01. The monoisotopic (exact) mass is 139 g/mol. The van der Waals surface area contributed by atoms with Gasteiger partial charge in [0.05, 0.1) is 6.42 Å². The van der Waals surface area contributed by atoms with Crippen LogP contribution in [0, 0.1) is 12.3 Å². The molecule has 54 valence electrons. The maximum Gasteiger partial charge on any atom is 0.222 e. The normalized spacial score (nSPS) is 9.80. The van der Waals surface area contributed by atoms with Crippen molar-refractivity contribution in [3.8, 4) is 0 Å². The SMILES string of the molecule is CC(=N)Cc1nnc(C)o1. The van der Waals surface area contributed by atoms with Gasteiger partial charge in [-0.3, -0.25) is 0 Å². The highest BCUT2D eigenvalue weighted by molar-refractivity contribution is 5.79. The summed E-state index contributed by atoms with van der Waals surface area (Å²) in [5, 5.41) is 14.5. The van der Waals surface area contributed by atoms with Crippen molar-refractivity contribution >= 4 is 5.71 Å². The van der Waals surface area contributed by atoms with Crippen molar-refractivity contribution in [2.75, 3.05) is 0 Å². The molecule has 1 aromatic rings. The van der Waals surface area contributed by atoms with Gasteiger partial charge >= 0.3 is 0 Å². The molecule has 1 rings (SSSR count). The van der Waals surface area contributed by atoms with Crippen LogP contribution in [0.5, 0.6) is 0 Å². The first-order chi connectivity index (χ1) is 4.68. The van der Waals surface area contributed by atoms with Gasteiger partial charge in [0, 0.05) is 12.6 Å². The molecule has 0 bridgehead atoms. The molecule has 0 spiro atoms. The number of hydrogen-bond donors (Lipinski definition) is 1. The van der Waals surface area contributed by atoms with Crippen LogP contribution in [0.25, 0.3) is 0 Å². The fourth-order valence-corrected chi connectivity index (χ4v) is 0.636. The Bertz CT molecular complexity index is 241. The van der Waals surface area contributed by atoms with Crippen LogP contribution in [-0.2, 0) is 6.42 Å². The van der Waals surface area contributed by atoms with Crippen molar-refractivity contribution in [1.82, 2.24) is 10.2 Å². The van der Waals surface area contributed by atoms with Crippen LogP contribution < -0.4 is 0 Å². The molecule has 10 heavy (non-hydrogen) atoms. The van der Waals surface area contributed by atoms with Gasteiger partial charge in [-0.1, -0.05) is 0 Å². The van der Waals surface area contributed by atoms with Gasteiger partial charge in [-0.15, -0.1) is 10.2 Å². The van der Waals surface area contributed by atoms with Crippen LogP contribution in [0.1, 0.15) is 18.7 Å². The molecular formula is C6H9N3O. The van der Waals surface area contributed by atoms with E-state index in [4.69, 9.17) is 9.83 Å². The van der Waals surface area contributed by atoms with E-state index in [9.17, 15) is 0 Å². The van der Waals surface area contributed by atoms with E-state index < -0.39 is 0 Å². The Kier molecular flexibility index (Phi) is 1.80. The number of hydrogen-bond acceptors (Lipinski definition) is 4. The second-order valence-corrected chi connectivity index (χ2v) is 2.17. The molecular weight excluding hydrogens is 130 g/mol. The zero-order valence-corrected chi connectivity index (χ0v) is 6.01. The third-order valence-corrected chi connectivity index (χ3v) is 0.984. The van der Waals surface area contributed by atoms with Crippen LogP contribution >= 0.6 is 0 Å². The minimum absolute atomic E-state index is 0.459. The smallest absolute Gasteiger partial charge is 0.222 e. The Balaban J connectivity index is 2.67. The van der Waals surface area contributed by atoms with Gasteiger partial charge in [0.15, 0.2) is 0 Å². The van der Waals surface area contributed by atoms with Gasteiger partial charge in [0.2, 0.25) is 11.8 Å². The van der Waals surface area contributed by atoms with Gasteiger partial charge < -0.3 is 9.83 Å². The standard InChI is InChI=1S/C6H9N3O/c1-4(7)3-6-9-8-5(2)10-6/h7H,3H2,1-2H3. The molecule has 0 radical (unpaired) electrons. The zero-order chi connectivity index (χ0) is 7.56. The lowest BCUT2D eigenvalue weighted by Crippen LogP contribution is -1.94. The van der Waals surface area contributed by atoms with Crippen LogP contribution in [0.4, 0.5) is 0 Å². The Labute approximate surface area is 58.8 Å². The lowest BCUT2D eigenvalue weighted by molar-refractivity contribution is 0.482. The highest BCUT2D eigenvalue weighted by atomic mass is 16.4. The number of aryl methyl sites for hydroxylation is 1. The minimum atomic E-state index is 0.459. The summed E-state index contributed by atoms with van der Waals surface area (Å²) in [6.07, 6.45) is 0.459. The summed E-state index contributed by atoms with van der Waals surface area (Å²) in [7, 11) is 0. The third-order valence-electron chi connectivity index (χ3n) is 0.984. The molecule has 0 unspecified atom stereocenters. The van der Waals surface area contributed by atoms with Gasteiger partial charge in [-0.2, -0.15) is 0 Å². The van der Waals surface area contributed by atoms with Crippen molar-refractivity contribution in [1.29, 1.82) is 5.41 Å². The number of rotatable bonds is 2. The fraction of sp³-hybridized carbons (Fsp3) is 0.500. The molecule has 0 aliphatic rings. The lowest BCUT2D eigenvalue weighted by atomic mass is 10.3. The average molecular weight is 139 g/mol. The molecule has 0 saturated carbocycles. The van der Waals surface area contributed by atoms with E-state index in [2.05, 4.69) is 10.2 Å². The molecule has 0 aromatic carbocycles. The quantitative estimate of drug-likeness (QED) is 0.620. The molecule has 0 saturated heterocycles. The Morgan fingerprint density at radius 2 is 2.30 bits per heavy atom. The summed E-state index contributed by atoms with van der Waals surface area (Å²) in [6, 6.07) is 0. The first kappa shape index (κ1) is 6.92. The van der Waals surface area contributed by atoms with Gasteiger partial charge in [-0.25, -0.2) is 0 Å². The van der Waals surface area contributed by atoms with E-state index in [0.29, 0.717) is 23.9 Å². The van der Waals surface area contributed by atoms with E-state index in [-0.39, 0.29) is 0 Å². The van der Waals surface area contributed by atoms with Crippen molar-refractivity contribution in [3.63, 3.8) is 0 Å². The molecule has 0 amide bonds. The van der Waals surface area contributed by atoms with E-state index in [1.54, 1.807) is 13.8 Å². The fourth-order valence-electron chi connectivity index (χ4n) is 0.636.